The van der Waals surface area contributed by atoms with Gasteiger partial charge < -0.3 is 0 Å². The van der Waals surface area contributed by atoms with Crippen LogP contribution in [0.3, 0.4) is 0 Å². The molecule has 0 aliphatic rings. The summed E-state index contributed by atoms with van der Waals surface area (Å²) < 4.78 is 31.1. The Morgan fingerprint density at radius 2 is 0.846 bits per heavy atom. The molecule has 0 saturated heterocycles. The third-order valence-corrected chi connectivity index (χ3v) is 0.667. The minimum atomic E-state index is -4.00. The topological polar surface area (TPSA) is 0 Å². The average molecular weight is 281 g/mol. The molecule has 0 nitrogen and oxygen atoms in total. The molecule has 1 rings (SSSR count). The number of halogens is 3. The molecule has 1 aromatic carbocycles. The van der Waals surface area contributed by atoms with Crippen molar-refractivity contribution in [3.8, 4) is 0 Å². The van der Waals surface area contributed by atoms with E-state index in [9.17, 15) is 13.2 Å². The first kappa shape index (κ1) is 18.6. The van der Waals surface area contributed by atoms with Crippen molar-refractivity contribution in [2.75, 3.05) is 0 Å². The average Bonchev–Trinajstić information content (AvgIpc) is 1.88. The van der Waals surface area contributed by atoms with Crippen molar-refractivity contribution in [2.45, 2.75) is 13.1 Å². The minimum absolute atomic E-state index is 0. The predicted octanol–water partition coefficient (Wildman–Crippen LogP) is 2.87. The summed E-state index contributed by atoms with van der Waals surface area (Å²) in [7, 11) is 0. The first-order chi connectivity index (χ1) is 5.00. The van der Waals surface area contributed by atoms with Crippen molar-refractivity contribution >= 4 is 8.41 Å². The van der Waals surface area contributed by atoms with E-state index < -0.39 is 6.18 Å². The summed E-state index contributed by atoms with van der Waals surface area (Å²) in [4.78, 5) is 0. The van der Waals surface area contributed by atoms with Crippen LogP contribution in [0.15, 0.2) is 36.4 Å². The second-order valence-electron chi connectivity index (χ2n) is 1.94. The standard InChI is InChI=1S/C6H6.C2H3F3.Ag.B/c1-2-4-6-5-3-1;1-2(3,4)5;;/h1-6H;1H3;;. The number of hydrogen-bond donors (Lipinski definition) is 0. The fourth-order valence-corrected chi connectivity index (χ4v) is 0.385. The molecular formula is C8H9AgBF3. The van der Waals surface area contributed by atoms with E-state index in [1.54, 1.807) is 0 Å². The van der Waals surface area contributed by atoms with Gasteiger partial charge in [0.25, 0.3) is 0 Å². The smallest absolute Gasteiger partial charge is 0.172 e. The van der Waals surface area contributed by atoms with Crippen LogP contribution in [-0.4, -0.2) is 14.6 Å². The first-order valence-corrected chi connectivity index (χ1v) is 3.07. The third-order valence-electron chi connectivity index (χ3n) is 0.667. The summed E-state index contributed by atoms with van der Waals surface area (Å²) in [5.74, 6) is 0. The predicted molar refractivity (Wildman–Crippen MR) is 43.9 cm³/mol. The van der Waals surface area contributed by atoms with Crippen LogP contribution in [0.25, 0.3) is 0 Å². The van der Waals surface area contributed by atoms with Gasteiger partial charge in [-0.3, -0.25) is 0 Å². The van der Waals surface area contributed by atoms with Gasteiger partial charge >= 0.3 is 6.18 Å². The number of hydrogen-bond acceptors (Lipinski definition) is 0. The van der Waals surface area contributed by atoms with Crippen molar-refractivity contribution in [1.82, 2.24) is 0 Å². The van der Waals surface area contributed by atoms with Gasteiger partial charge in [-0.25, -0.2) is 0 Å². The molecule has 0 aliphatic carbocycles. The van der Waals surface area contributed by atoms with Crippen LogP contribution >= 0.6 is 0 Å². The van der Waals surface area contributed by atoms with E-state index in [1.807, 2.05) is 36.4 Å². The molecule has 0 spiro atoms. The van der Waals surface area contributed by atoms with Crippen LogP contribution in [0.5, 0.6) is 0 Å². The second-order valence-corrected chi connectivity index (χ2v) is 1.94. The number of rotatable bonds is 0. The molecule has 0 saturated carbocycles. The third kappa shape index (κ3) is 33.7. The molecule has 0 unspecified atom stereocenters. The van der Waals surface area contributed by atoms with Crippen LogP contribution < -0.4 is 0 Å². The molecule has 0 N–H and O–H groups in total. The Bertz CT molecular complexity index is 144. The largest absolute Gasteiger partial charge is 0.386 e. The molecule has 0 aromatic heterocycles. The molecule has 5 heteroatoms. The summed E-state index contributed by atoms with van der Waals surface area (Å²) in [6.45, 7) is 0.188. The van der Waals surface area contributed by atoms with Gasteiger partial charge in [0.2, 0.25) is 0 Å². The Morgan fingerprint density at radius 3 is 0.923 bits per heavy atom. The molecule has 0 amide bonds. The summed E-state index contributed by atoms with van der Waals surface area (Å²) in [5, 5.41) is 0. The molecule has 13 heavy (non-hydrogen) atoms. The fourth-order valence-electron chi connectivity index (χ4n) is 0.385. The van der Waals surface area contributed by atoms with Gasteiger partial charge in [0, 0.05) is 37.7 Å². The van der Waals surface area contributed by atoms with Crippen molar-refractivity contribution in [1.29, 1.82) is 0 Å². The van der Waals surface area contributed by atoms with Gasteiger partial charge in [0.15, 0.2) is 0 Å². The van der Waals surface area contributed by atoms with Crippen LogP contribution in [0.2, 0.25) is 0 Å². The molecule has 0 aliphatic heterocycles. The van der Waals surface area contributed by atoms with Crippen molar-refractivity contribution in [3.05, 3.63) is 36.4 Å². The first-order valence-electron chi connectivity index (χ1n) is 3.07. The zero-order chi connectivity index (χ0) is 8.74. The van der Waals surface area contributed by atoms with E-state index in [2.05, 4.69) is 0 Å². The van der Waals surface area contributed by atoms with Crippen molar-refractivity contribution in [3.63, 3.8) is 0 Å². The summed E-state index contributed by atoms with van der Waals surface area (Å²) in [6, 6.07) is 12.0. The number of benzene rings is 1. The number of alkyl halides is 3. The maximum atomic E-state index is 10.4. The molecule has 76 valence electrons. The maximum absolute atomic E-state index is 10.4. The van der Waals surface area contributed by atoms with E-state index in [4.69, 9.17) is 0 Å². The summed E-state index contributed by atoms with van der Waals surface area (Å²) >= 11 is 0. The van der Waals surface area contributed by atoms with Crippen LogP contribution in [0.4, 0.5) is 13.2 Å². The van der Waals surface area contributed by atoms with E-state index in [0.29, 0.717) is 0 Å². The monoisotopic (exact) mass is 280 g/mol. The molecule has 4 radical (unpaired) electrons. The Hall–Kier alpha value is -0.185. The van der Waals surface area contributed by atoms with Gasteiger partial charge in [-0.1, -0.05) is 36.4 Å². The van der Waals surface area contributed by atoms with Crippen LogP contribution in [-0.2, 0) is 22.4 Å². The Kier molecular flexibility index (Phi) is 14.1. The van der Waals surface area contributed by atoms with Gasteiger partial charge in [-0.15, -0.1) is 0 Å². The summed E-state index contributed by atoms with van der Waals surface area (Å²) in [6.07, 6.45) is -4.00. The normalized spacial score (nSPS) is 8.31. The summed E-state index contributed by atoms with van der Waals surface area (Å²) in [5.41, 5.74) is 0. The van der Waals surface area contributed by atoms with Gasteiger partial charge in [-0.2, -0.15) is 13.2 Å². The van der Waals surface area contributed by atoms with Crippen LogP contribution in [0.1, 0.15) is 6.92 Å². The Balaban J connectivity index is -0.000000136. The SMILES string of the molecule is CC(F)(F)F.[Ag].[B].c1ccccc1. The quantitative estimate of drug-likeness (QED) is 0.641. The molecular weight excluding hydrogens is 272 g/mol. The van der Waals surface area contributed by atoms with E-state index >= 15 is 0 Å². The van der Waals surface area contributed by atoms with Gasteiger partial charge in [-0.05, 0) is 0 Å². The fraction of sp³-hybridized carbons (Fsp3) is 0.250. The minimum Gasteiger partial charge on any atom is -0.172 e. The zero-order valence-electron chi connectivity index (χ0n) is 6.98. The van der Waals surface area contributed by atoms with E-state index in [-0.39, 0.29) is 37.7 Å². The molecule has 0 heterocycles. The van der Waals surface area contributed by atoms with Crippen molar-refractivity contribution in [2.24, 2.45) is 0 Å². The van der Waals surface area contributed by atoms with E-state index in [1.165, 1.54) is 0 Å². The Labute approximate surface area is 93.6 Å². The maximum Gasteiger partial charge on any atom is 0.386 e. The molecule has 0 bridgehead atoms. The molecule has 0 fully saturated rings. The Morgan fingerprint density at radius 1 is 0.769 bits per heavy atom. The zero-order valence-corrected chi connectivity index (χ0v) is 8.46. The van der Waals surface area contributed by atoms with E-state index in [0.717, 1.165) is 0 Å². The van der Waals surface area contributed by atoms with Crippen molar-refractivity contribution < 1.29 is 35.6 Å². The molecule has 0 atom stereocenters. The molecule has 1 aromatic rings. The van der Waals surface area contributed by atoms with Crippen LogP contribution in [0, 0.1) is 0 Å². The van der Waals surface area contributed by atoms with Gasteiger partial charge in [0.05, 0.1) is 0 Å². The second kappa shape index (κ2) is 9.90. The van der Waals surface area contributed by atoms with Gasteiger partial charge in [0.1, 0.15) is 0 Å².